The lowest BCUT2D eigenvalue weighted by molar-refractivity contribution is -0.384. The molecule has 7 aromatic heterocycles. The Kier molecular flexibility index (Phi) is 8.02. The van der Waals surface area contributed by atoms with E-state index in [0.717, 1.165) is 17.5 Å². The maximum Gasteiger partial charge on any atom is 0.273 e. The van der Waals surface area contributed by atoms with Gasteiger partial charge in [0.1, 0.15) is 17.1 Å². The Hall–Kier alpha value is -7.57. The van der Waals surface area contributed by atoms with Crippen molar-refractivity contribution in [3.05, 3.63) is 107 Å². The first-order valence-electron chi connectivity index (χ1n) is 14.6. The average molecular weight is 673 g/mol. The number of hydrogen-bond donors (Lipinski definition) is 3. The molecule has 19 heteroatoms. The summed E-state index contributed by atoms with van der Waals surface area (Å²) in [4.78, 5) is 31.4. The molecule has 8 rings (SSSR count). The van der Waals surface area contributed by atoms with Crippen LogP contribution >= 0.6 is 0 Å². The molecule has 7 heterocycles. The molecule has 248 valence electrons. The summed E-state index contributed by atoms with van der Waals surface area (Å²) in [6, 6.07) is 16.5. The number of aromatic nitrogens is 11. The molecule has 0 bridgehead atoms. The first-order chi connectivity index (χ1) is 24.3. The van der Waals surface area contributed by atoms with Crippen LogP contribution in [0.2, 0.25) is 0 Å². The zero-order valence-electron chi connectivity index (χ0n) is 25.7. The number of benzene rings is 1. The molecule has 0 fully saturated rings. The van der Waals surface area contributed by atoms with Gasteiger partial charge in [0.15, 0.2) is 33.8 Å². The first-order valence-corrected chi connectivity index (χ1v) is 14.6. The first kappa shape index (κ1) is 31.1. The number of furan rings is 2. The van der Waals surface area contributed by atoms with Crippen LogP contribution in [-0.4, -0.2) is 64.9 Å². The van der Waals surface area contributed by atoms with E-state index < -0.39 is 4.92 Å². The smallest absolute Gasteiger partial charge is 0.273 e. The quantitative estimate of drug-likeness (QED) is 0.153. The van der Waals surface area contributed by atoms with Crippen LogP contribution in [0.5, 0.6) is 5.75 Å². The lowest BCUT2D eigenvalue weighted by atomic mass is 10.2. The number of nitrogens with zero attached hydrogens (tertiary/aromatic N) is 12. The number of rotatable bonds is 8. The van der Waals surface area contributed by atoms with E-state index in [1.807, 2.05) is 18.2 Å². The van der Waals surface area contributed by atoms with Crippen LogP contribution in [0.1, 0.15) is 17.0 Å². The van der Waals surface area contributed by atoms with Crippen LogP contribution in [0.15, 0.2) is 88.6 Å². The van der Waals surface area contributed by atoms with Crippen LogP contribution in [0.4, 0.5) is 17.6 Å². The third-order valence-corrected chi connectivity index (χ3v) is 7.22. The zero-order valence-corrected chi connectivity index (χ0v) is 25.7. The van der Waals surface area contributed by atoms with Crippen molar-refractivity contribution in [2.45, 2.75) is 13.1 Å². The highest BCUT2D eigenvalue weighted by Gasteiger charge is 2.20. The summed E-state index contributed by atoms with van der Waals surface area (Å²) in [6.07, 6.45) is 4.76. The van der Waals surface area contributed by atoms with Gasteiger partial charge >= 0.3 is 0 Å². The topological polar surface area (TPSA) is 268 Å². The van der Waals surface area contributed by atoms with Gasteiger partial charge in [0.05, 0.1) is 48.0 Å². The molecule has 0 unspecified atom stereocenters. The molecule has 0 aliphatic heterocycles. The second-order valence-corrected chi connectivity index (χ2v) is 10.5. The SMILES string of the molecule is C=Cc1cccc(Cn2nnc3c(-c4ccco4)nc(N)nc32)n1.Nc1nc(-c2ccco2)c2nnn(Cc3ccc([N+](=O)[O-])cc3O)c2n1. The van der Waals surface area contributed by atoms with Gasteiger partial charge in [0.25, 0.3) is 5.69 Å². The molecule has 19 nitrogen and oxygen atoms in total. The number of hydrogen-bond acceptors (Lipinski definition) is 16. The summed E-state index contributed by atoms with van der Waals surface area (Å²) in [5.41, 5.74) is 16.1. The molecule has 0 atom stereocenters. The number of phenolic OH excluding ortho intramolecular Hbond substituents is 1. The highest BCUT2D eigenvalue weighted by molar-refractivity contribution is 5.86. The van der Waals surface area contributed by atoms with Gasteiger partial charge in [0.2, 0.25) is 11.9 Å². The standard InChI is InChI=1S/C16H13N7O.C15H11N7O4/c1-2-10-5-3-6-11(18-10)9-23-15-14(21-22-23)13(19-16(17)20-15)12-7-4-8-24-12;16-15-17-12(11-2-1-5-26-11)13-14(18-15)21(20-19-13)7-8-3-4-9(22(24)25)6-10(8)23/h2-8H,1,9H2,(H2,17,19,20);1-6,23H,7H2,(H2,16,17,18). The van der Waals surface area contributed by atoms with Gasteiger partial charge in [-0.25, -0.2) is 19.3 Å². The van der Waals surface area contributed by atoms with Crippen LogP contribution in [0, 0.1) is 10.1 Å². The fraction of sp³-hybridized carbons (Fsp3) is 0.0645. The van der Waals surface area contributed by atoms with Crippen LogP contribution in [-0.2, 0) is 13.1 Å². The van der Waals surface area contributed by atoms with E-state index in [1.54, 1.807) is 41.3 Å². The zero-order chi connectivity index (χ0) is 34.8. The van der Waals surface area contributed by atoms with Gasteiger partial charge in [-0.15, -0.1) is 10.2 Å². The van der Waals surface area contributed by atoms with Crippen molar-refractivity contribution in [3.8, 4) is 28.7 Å². The molecule has 5 N–H and O–H groups in total. The Bertz CT molecular complexity index is 2490. The number of non-ortho nitro benzene ring substituents is 1. The lowest BCUT2D eigenvalue weighted by Crippen LogP contribution is -2.06. The molecular formula is C31H24N14O5. The summed E-state index contributed by atoms with van der Waals surface area (Å²) in [5, 5.41) is 37.2. The van der Waals surface area contributed by atoms with E-state index in [-0.39, 0.29) is 29.9 Å². The molecule has 0 spiro atoms. The van der Waals surface area contributed by atoms with Gasteiger partial charge < -0.3 is 25.4 Å². The molecule has 0 aliphatic carbocycles. The lowest BCUT2D eigenvalue weighted by Gasteiger charge is -2.05. The van der Waals surface area contributed by atoms with Crippen molar-refractivity contribution in [3.63, 3.8) is 0 Å². The van der Waals surface area contributed by atoms with Gasteiger partial charge in [-0.3, -0.25) is 15.1 Å². The Morgan fingerprint density at radius 3 is 1.92 bits per heavy atom. The molecule has 0 aliphatic rings. The third-order valence-electron chi connectivity index (χ3n) is 7.22. The van der Waals surface area contributed by atoms with Crippen molar-refractivity contribution in [2.24, 2.45) is 0 Å². The molecule has 50 heavy (non-hydrogen) atoms. The minimum absolute atomic E-state index is 0.0142. The number of nitro groups is 1. The number of nitro benzene ring substituents is 1. The highest BCUT2D eigenvalue weighted by atomic mass is 16.6. The maximum absolute atomic E-state index is 10.8. The second-order valence-electron chi connectivity index (χ2n) is 10.5. The summed E-state index contributed by atoms with van der Waals surface area (Å²) < 4.78 is 13.8. The second kappa shape index (κ2) is 12.9. The van der Waals surface area contributed by atoms with Crippen LogP contribution < -0.4 is 11.5 Å². The van der Waals surface area contributed by atoms with Crippen molar-refractivity contribution >= 4 is 46.0 Å². The van der Waals surface area contributed by atoms with Crippen LogP contribution in [0.3, 0.4) is 0 Å². The van der Waals surface area contributed by atoms with Gasteiger partial charge in [-0.05, 0) is 48.5 Å². The molecule has 8 aromatic rings. The van der Waals surface area contributed by atoms with Gasteiger partial charge in [-0.1, -0.05) is 23.1 Å². The van der Waals surface area contributed by atoms with Crippen molar-refractivity contribution < 1.29 is 18.9 Å². The summed E-state index contributed by atoms with van der Waals surface area (Å²) in [6.45, 7) is 4.23. The number of nitrogen functional groups attached to an aromatic ring is 2. The summed E-state index contributed by atoms with van der Waals surface area (Å²) >= 11 is 0. The maximum atomic E-state index is 10.8. The van der Waals surface area contributed by atoms with E-state index in [9.17, 15) is 15.2 Å². The van der Waals surface area contributed by atoms with E-state index >= 15 is 0 Å². The van der Waals surface area contributed by atoms with E-state index in [4.69, 9.17) is 20.3 Å². The Balaban J connectivity index is 0.000000157. The van der Waals surface area contributed by atoms with E-state index in [2.05, 4.69) is 52.1 Å². The number of fused-ring (bicyclic) bond motifs is 2. The predicted octanol–water partition coefficient (Wildman–Crippen LogP) is 3.88. The van der Waals surface area contributed by atoms with Crippen molar-refractivity contribution in [1.29, 1.82) is 0 Å². The fourth-order valence-electron chi connectivity index (χ4n) is 4.94. The molecule has 0 amide bonds. The molecule has 0 saturated heterocycles. The highest BCUT2D eigenvalue weighted by Crippen LogP contribution is 2.28. The monoisotopic (exact) mass is 672 g/mol. The fourth-order valence-corrected chi connectivity index (χ4v) is 4.94. The number of nitrogens with two attached hydrogens (primary N) is 2. The van der Waals surface area contributed by atoms with Crippen LogP contribution in [0.25, 0.3) is 51.3 Å². The van der Waals surface area contributed by atoms with E-state index in [1.165, 1.54) is 23.1 Å². The van der Waals surface area contributed by atoms with Crippen molar-refractivity contribution in [2.75, 3.05) is 11.5 Å². The Morgan fingerprint density at radius 1 is 0.800 bits per heavy atom. The molecule has 1 aromatic carbocycles. The molecule has 0 radical (unpaired) electrons. The predicted molar refractivity (Wildman–Crippen MR) is 178 cm³/mol. The van der Waals surface area contributed by atoms with Crippen molar-refractivity contribution in [1.82, 2.24) is 54.9 Å². The Morgan fingerprint density at radius 2 is 1.40 bits per heavy atom. The number of phenols is 1. The molecule has 0 saturated carbocycles. The number of anilines is 2. The normalized spacial score (nSPS) is 11.0. The molecular weight excluding hydrogens is 648 g/mol. The summed E-state index contributed by atoms with van der Waals surface area (Å²) in [7, 11) is 0. The third kappa shape index (κ3) is 6.11. The van der Waals surface area contributed by atoms with Gasteiger partial charge in [0, 0.05) is 11.6 Å². The minimum Gasteiger partial charge on any atom is -0.507 e. The average Bonchev–Trinajstić information content (AvgIpc) is 3.95. The summed E-state index contributed by atoms with van der Waals surface area (Å²) in [5.74, 6) is 0.948. The minimum atomic E-state index is -0.585. The Labute approximate surface area is 279 Å². The number of aromatic hydroxyl groups is 1. The van der Waals surface area contributed by atoms with E-state index in [0.29, 0.717) is 57.3 Å². The number of pyridine rings is 1. The largest absolute Gasteiger partial charge is 0.507 e. The van der Waals surface area contributed by atoms with Gasteiger partial charge in [-0.2, -0.15) is 9.97 Å².